The highest BCUT2D eigenvalue weighted by Crippen LogP contribution is 2.41. The first-order chi connectivity index (χ1) is 7.53. The number of Topliss-reactive ketones (excluding diaryl/α,β-unsaturated/α-hetero) is 1. The lowest BCUT2D eigenvalue weighted by atomic mass is 9.70. The lowest BCUT2D eigenvalue weighted by Gasteiger charge is -2.34. The zero-order chi connectivity index (χ0) is 13.4. The van der Waals surface area contributed by atoms with E-state index >= 15 is 0 Å². The van der Waals surface area contributed by atoms with Crippen LogP contribution in [0, 0.1) is 16.7 Å². The molecule has 0 aromatic rings. The molecule has 17 heavy (non-hydrogen) atoms. The maximum atomic E-state index is 11.7. The molecule has 1 rings (SSSR count). The van der Waals surface area contributed by atoms with E-state index in [1.807, 2.05) is 0 Å². The summed E-state index contributed by atoms with van der Waals surface area (Å²) >= 11 is 0. The van der Waals surface area contributed by atoms with Gasteiger partial charge in [0.25, 0.3) is 0 Å². The number of carbonyl (C=O) groups excluding carboxylic acids is 1. The van der Waals surface area contributed by atoms with Crippen LogP contribution in [0.4, 0.5) is 0 Å². The zero-order valence-corrected chi connectivity index (χ0v) is 12.3. The molecule has 0 spiro atoms. The van der Waals surface area contributed by atoms with Gasteiger partial charge in [-0.3, -0.25) is 4.79 Å². The summed E-state index contributed by atoms with van der Waals surface area (Å²) in [6.45, 7) is 15.0. The van der Waals surface area contributed by atoms with Gasteiger partial charge in [-0.15, -0.1) is 0 Å². The third-order valence-corrected chi connectivity index (χ3v) is 3.48. The van der Waals surface area contributed by atoms with Crippen LogP contribution in [0.5, 0.6) is 0 Å². The second-order valence-electron chi connectivity index (χ2n) is 7.16. The molecule has 0 radical (unpaired) electrons. The third-order valence-electron chi connectivity index (χ3n) is 3.48. The molecule has 1 nitrogen and oxygen atoms in total. The van der Waals surface area contributed by atoms with Crippen LogP contribution in [0.2, 0.25) is 0 Å². The number of rotatable bonds is 1. The number of allylic oxidation sites excluding steroid dienone is 4. The van der Waals surface area contributed by atoms with Gasteiger partial charge in [-0.05, 0) is 29.7 Å². The SMILES string of the molecule is CC(=O)C1CC=C(C(C)(C)C)C=C1C(C)(C)C. The highest BCUT2D eigenvalue weighted by molar-refractivity contribution is 5.82. The molecule has 0 aromatic heterocycles. The van der Waals surface area contributed by atoms with Crippen molar-refractivity contribution in [3.8, 4) is 0 Å². The summed E-state index contributed by atoms with van der Waals surface area (Å²) in [5.74, 6) is 0.372. The van der Waals surface area contributed by atoms with Crippen LogP contribution in [-0.2, 0) is 4.79 Å². The fraction of sp³-hybridized carbons (Fsp3) is 0.688. The number of hydrogen-bond acceptors (Lipinski definition) is 1. The average Bonchev–Trinajstić information content (AvgIpc) is 2.14. The monoisotopic (exact) mass is 234 g/mol. The first-order valence-electron chi connectivity index (χ1n) is 6.46. The number of hydrogen-bond donors (Lipinski definition) is 0. The molecule has 0 heterocycles. The van der Waals surface area contributed by atoms with Gasteiger partial charge in [0.2, 0.25) is 0 Å². The number of carbonyl (C=O) groups is 1. The van der Waals surface area contributed by atoms with Crippen molar-refractivity contribution in [2.45, 2.75) is 54.9 Å². The molecule has 0 aliphatic heterocycles. The van der Waals surface area contributed by atoms with Crippen molar-refractivity contribution in [2.24, 2.45) is 16.7 Å². The highest BCUT2D eigenvalue weighted by Gasteiger charge is 2.32. The van der Waals surface area contributed by atoms with Crippen molar-refractivity contribution < 1.29 is 4.79 Å². The summed E-state index contributed by atoms with van der Waals surface area (Å²) in [4.78, 5) is 11.7. The molecule has 0 amide bonds. The maximum Gasteiger partial charge on any atom is 0.137 e. The Hall–Kier alpha value is -0.850. The molecule has 0 saturated heterocycles. The predicted octanol–water partition coefficient (Wildman–Crippen LogP) is 4.54. The third kappa shape index (κ3) is 3.31. The molecule has 0 fully saturated rings. The molecule has 0 N–H and O–H groups in total. The topological polar surface area (TPSA) is 17.1 Å². The van der Waals surface area contributed by atoms with Crippen molar-refractivity contribution in [3.63, 3.8) is 0 Å². The Bertz CT molecular complexity index is 369. The van der Waals surface area contributed by atoms with Crippen LogP contribution in [0.25, 0.3) is 0 Å². The lowest BCUT2D eigenvalue weighted by molar-refractivity contribution is -0.120. The van der Waals surface area contributed by atoms with E-state index in [9.17, 15) is 4.79 Å². The first-order valence-corrected chi connectivity index (χ1v) is 6.46. The molecule has 0 saturated carbocycles. The highest BCUT2D eigenvalue weighted by atomic mass is 16.1. The lowest BCUT2D eigenvalue weighted by Crippen LogP contribution is -2.26. The molecular weight excluding hydrogens is 208 g/mol. The molecule has 0 aromatic carbocycles. The molecule has 1 unspecified atom stereocenters. The summed E-state index contributed by atoms with van der Waals surface area (Å²) in [5.41, 5.74) is 2.89. The summed E-state index contributed by atoms with van der Waals surface area (Å²) in [6.07, 6.45) is 5.36. The van der Waals surface area contributed by atoms with Gasteiger partial charge >= 0.3 is 0 Å². The fourth-order valence-electron chi connectivity index (χ4n) is 2.35. The Kier molecular flexibility index (Phi) is 3.71. The maximum absolute atomic E-state index is 11.7. The minimum absolute atomic E-state index is 0.0705. The molecule has 1 aliphatic carbocycles. The summed E-state index contributed by atoms with van der Waals surface area (Å²) < 4.78 is 0. The van der Waals surface area contributed by atoms with E-state index in [-0.39, 0.29) is 22.5 Å². The quantitative estimate of drug-likeness (QED) is 0.651. The minimum Gasteiger partial charge on any atom is -0.299 e. The molecule has 1 aliphatic rings. The predicted molar refractivity (Wildman–Crippen MR) is 73.9 cm³/mol. The second kappa shape index (κ2) is 4.44. The Labute approximate surface area is 106 Å². The van der Waals surface area contributed by atoms with Crippen LogP contribution in [0.1, 0.15) is 54.9 Å². The Morgan fingerprint density at radius 3 is 2.00 bits per heavy atom. The van der Waals surface area contributed by atoms with E-state index in [1.54, 1.807) is 6.92 Å². The molecule has 96 valence electrons. The van der Waals surface area contributed by atoms with Gasteiger partial charge in [0.1, 0.15) is 5.78 Å². The standard InChI is InChI=1S/C16H26O/c1-11(17)13-9-8-12(15(2,3)4)10-14(13)16(5,6)7/h8,10,13H,9H2,1-7H3. The molecule has 1 heteroatoms. The van der Waals surface area contributed by atoms with E-state index < -0.39 is 0 Å². The van der Waals surface area contributed by atoms with Gasteiger partial charge in [-0.1, -0.05) is 59.3 Å². The largest absolute Gasteiger partial charge is 0.299 e. The van der Waals surface area contributed by atoms with Crippen molar-refractivity contribution in [1.82, 2.24) is 0 Å². The summed E-state index contributed by atoms with van der Waals surface area (Å²) in [5, 5.41) is 0. The van der Waals surface area contributed by atoms with Crippen molar-refractivity contribution in [1.29, 1.82) is 0 Å². The Balaban J connectivity index is 3.18. The van der Waals surface area contributed by atoms with E-state index in [0.29, 0.717) is 0 Å². The van der Waals surface area contributed by atoms with Crippen LogP contribution in [0.15, 0.2) is 23.3 Å². The van der Waals surface area contributed by atoms with Gasteiger partial charge in [-0.25, -0.2) is 0 Å². The van der Waals surface area contributed by atoms with Crippen molar-refractivity contribution in [2.75, 3.05) is 0 Å². The van der Waals surface area contributed by atoms with Gasteiger partial charge in [0.15, 0.2) is 0 Å². The smallest absolute Gasteiger partial charge is 0.137 e. The van der Waals surface area contributed by atoms with Crippen LogP contribution in [-0.4, -0.2) is 5.78 Å². The van der Waals surface area contributed by atoms with E-state index in [4.69, 9.17) is 0 Å². The van der Waals surface area contributed by atoms with E-state index in [0.717, 1.165) is 6.42 Å². The van der Waals surface area contributed by atoms with Crippen LogP contribution < -0.4 is 0 Å². The minimum atomic E-state index is 0.0705. The van der Waals surface area contributed by atoms with Crippen molar-refractivity contribution in [3.05, 3.63) is 23.3 Å². The van der Waals surface area contributed by atoms with Crippen molar-refractivity contribution >= 4 is 5.78 Å². The molecule has 0 bridgehead atoms. The summed E-state index contributed by atoms with van der Waals surface area (Å²) in [6, 6.07) is 0. The van der Waals surface area contributed by atoms with Gasteiger partial charge in [0, 0.05) is 5.92 Å². The van der Waals surface area contributed by atoms with Gasteiger partial charge in [-0.2, -0.15) is 0 Å². The molecular formula is C16H26O. The Morgan fingerprint density at radius 2 is 1.65 bits per heavy atom. The normalized spacial score (nSPS) is 21.9. The summed E-state index contributed by atoms with van der Waals surface area (Å²) in [7, 11) is 0. The van der Waals surface area contributed by atoms with Crippen LogP contribution in [0.3, 0.4) is 0 Å². The first kappa shape index (κ1) is 14.2. The van der Waals surface area contributed by atoms with Gasteiger partial charge < -0.3 is 0 Å². The molecule has 1 atom stereocenters. The second-order valence-corrected chi connectivity index (χ2v) is 7.16. The van der Waals surface area contributed by atoms with Gasteiger partial charge in [0.05, 0.1) is 0 Å². The van der Waals surface area contributed by atoms with E-state index in [2.05, 4.69) is 53.7 Å². The Morgan fingerprint density at radius 1 is 1.12 bits per heavy atom. The van der Waals surface area contributed by atoms with E-state index in [1.165, 1.54) is 11.1 Å². The van der Waals surface area contributed by atoms with Crippen LogP contribution >= 0.6 is 0 Å². The average molecular weight is 234 g/mol. The zero-order valence-electron chi connectivity index (χ0n) is 12.3. The fourth-order valence-corrected chi connectivity index (χ4v) is 2.35. The number of ketones is 1.